The molecule has 1 atom stereocenters. The van der Waals surface area contributed by atoms with E-state index in [0.29, 0.717) is 31.7 Å². The zero-order valence-corrected chi connectivity index (χ0v) is 14.9. The van der Waals surface area contributed by atoms with Crippen LogP contribution >= 0.6 is 0 Å². The van der Waals surface area contributed by atoms with Crippen LogP contribution in [0.3, 0.4) is 0 Å². The number of carbonyl (C=O) groups excluding carboxylic acids is 2. The molecule has 140 valence electrons. The number of amides is 2. The molecule has 3 heterocycles. The molecule has 8 heteroatoms. The van der Waals surface area contributed by atoms with Gasteiger partial charge in [0.1, 0.15) is 11.7 Å². The minimum absolute atomic E-state index is 0.210. The molecule has 1 aromatic heterocycles. The first-order valence-corrected chi connectivity index (χ1v) is 9.21. The van der Waals surface area contributed by atoms with Crippen LogP contribution in [0.1, 0.15) is 42.6 Å². The summed E-state index contributed by atoms with van der Waals surface area (Å²) in [5.41, 5.74) is 0.187. The second-order valence-electron chi connectivity index (χ2n) is 7.93. The molecule has 0 unspecified atom stereocenters. The molecule has 0 bridgehead atoms. The molecule has 1 N–H and O–H groups in total. The van der Waals surface area contributed by atoms with E-state index >= 15 is 0 Å². The van der Waals surface area contributed by atoms with E-state index < -0.39 is 12.0 Å². The molecular weight excluding hydrogens is 336 g/mol. The zero-order valence-electron chi connectivity index (χ0n) is 14.9. The van der Waals surface area contributed by atoms with Crippen molar-refractivity contribution in [2.24, 2.45) is 18.4 Å². The molecule has 3 aliphatic rings. The number of carboxylic acid groups (broad SMARTS) is 1. The Morgan fingerprint density at radius 3 is 2.46 bits per heavy atom. The Bertz CT molecular complexity index is 746. The first-order valence-electron chi connectivity index (χ1n) is 9.21. The van der Waals surface area contributed by atoms with E-state index in [0.717, 1.165) is 25.7 Å². The highest BCUT2D eigenvalue weighted by Crippen LogP contribution is 2.44. The minimum Gasteiger partial charge on any atom is -0.480 e. The molecule has 0 aromatic carbocycles. The Morgan fingerprint density at radius 1 is 1.23 bits per heavy atom. The van der Waals surface area contributed by atoms with Gasteiger partial charge in [0.05, 0.1) is 0 Å². The summed E-state index contributed by atoms with van der Waals surface area (Å²) in [5.74, 6) is -0.794. The van der Waals surface area contributed by atoms with Gasteiger partial charge in [0.15, 0.2) is 0 Å². The number of likely N-dealkylation sites (tertiary alicyclic amines) is 2. The van der Waals surface area contributed by atoms with Crippen LogP contribution in [0.4, 0.5) is 0 Å². The van der Waals surface area contributed by atoms with E-state index in [2.05, 4.69) is 5.10 Å². The van der Waals surface area contributed by atoms with Crippen molar-refractivity contribution in [1.29, 1.82) is 0 Å². The summed E-state index contributed by atoms with van der Waals surface area (Å²) < 4.78 is 1.48. The molecule has 26 heavy (non-hydrogen) atoms. The summed E-state index contributed by atoms with van der Waals surface area (Å²) in [4.78, 5) is 40.3. The SMILES string of the molecule is Cn1nccc1C(=O)N1CC2(CCN(C(=O)C3CC3)CC2)C[C@@H]1C(=O)O. The van der Waals surface area contributed by atoms with Crippen LogP contribution in [0.25, 0.3) is 0 Å². The maximum absolute atomic E-state index is 12.9. The summed E-state index contributed by atoms with van der Waals surface area (Å²) in [5, 5.41) is 13.7. The fraction of sp³-hybridized carbons (Fsp3) is 0.667. The second-order valence-corrected chi connectivity index (χ2v) is 7.93. The van der Waals surface area contributed by atoms with Gasteiger partial charge in [-0.3, -0.25) is 14.3 Å². The maximum atomic E-state index is 12.9. The summed E-state index contributed by atoms with van der Waals surface area (Å²) in [6.07, 6.45) is 5.49. The van der Waals surface area contributed by atoms with Gasteiger partial charge in [-0.1, -0.05) is 0 Å². The highest BCUT2D eigenvalue weighted by atomic mass is 16.4. The van der Waals surface area contributed by atoms with Gasteiger partial charge in [-0.2, -0.15) is 5.10 Å². The average Bonchev–Trinajstić information content (AvgIpc) is 3.28. The van der Waals surface area contributed by atoms with E-state index in [9.17, 15) is 19.5 Å². The highest BCUT2D eigenvalue weighted by Gasteiger charge is 2.51. The summed E-state index contributed by atoms with van der Waals surface area (Å²) in [6, 6.07) is 0.798. The molecule has 1 aromatic rings. The number of carbonyl (C=O) groups is 3. The summed E-state index contributed by atoms with van der Waals surface area (Å²) in [6.45, 7) is 1.75. The Labute approximate surface area is 151 Å². The van der Waals surface area contributed by atoms with E-state index in [1.54, 1.807) is 13.1 Å². The Balaban J connectivity index is 1.49. The number of piperidine rings is 1. The average molecular weight is 360 g/mol. The van der Waals surface area contributed by atoms with Crippen LogP contribution in [0.2, 0.25) is 0 Å². The molecule has 8 nitrogen and oxygen atoms in total. The first-order chi connectivity index (χ1) is 12.4. The lowest BCUT2D eigenvalue weighted by molar-refractivity contribution is -0.141. The number of aliphatic carboxylic acids is 1. The van der Waals surface area contributed by atoms with Crippen LogP contribution in [0.5, 0.6) is 0 Å². The molecule has 1 saturated carbocycles. The predicted octanol–water partition coefficient (Wildman–Crippen LogP) is 0.738. The van der Waals surface area contributed by atoms with Gasteiger partial charge in [-0.25, -0.2) is 4.79 Å². The van der Waals surface area contributed by atoms with Crippen LogP contribution < -0.4 is 0 Å². The fourth-order valence-corrected chi connectivity index (χ4v) is 4.37. The van der Waals surface area contributed by atoms with Gasteiger partial charge in [0.2, 0.25) is 5.91 Å². The van der Waals surface area contributed by atoms with Crippen LogP contribution in [0.15, 0.2) is 12.3 Å². The van der Waals surface area contributed by atoms with Gasteiger partial charge in [-0.15, -0.1) is 0 Å². The number of hydrogen-bond acceptors (Lipinski definition) is 4. The lowest BCUT2D eigenvalue weighted by Gasteiger charge is -2.39. The van der Waals surface area contributed by atoms with E-state index in [4.69, 9.17) is 0 Å². The number of carboxylic acids is 1. The quantitative estimate of drug-likeness (QED) is 0.858. The summed E-state index contributed by atoms with van der Waals surface area (Å²) >= 11 is 0. The first kappa shape index (κ1) is 17.1. The fourth-order valence-electron chi connectivity index (χ4n) is 4.37. The normalized spacial score (nSPS) is 24.9. The van der Waals surface area contributed by atoms with Gasteiger partial charge in [0, 0.05) is 38.8 Å². The van der Waals surface area contributed by atoms with Gasteiger partial charge < -0.3 is 14.9 Å². The topological polar surface area (TPSA) is 95.7 Å². The largest absolute Gasteiger partial charge is 0.480 e. The molecule has 1 spiro atoms. The lowest BCUT2D eigenvalue weighted by Crippen LogP contribution is -2.45. The van der Waals surface area contributed by atoms with Crippen molar-refractivity contribution in [3.63, 3.8) is 0 Å². The molecule has 4 rings (SSSR count). The van der Waals surface area contributed by atoms with Crippen molar-refractivity contribution in [3.05, 3.63) is 18.0 Å². The molecule has 3 fully saturated rings. The third kappa shape index (κ3) is 2.87. The van der Waals surface area contributed by atoms with Crippen molar-refractivity contribution in [3.8, 4) is 0 Å². The summed E-state index contributed by atoms with van der Waals surface area (Å²) in [7, 11) is 1.68. The molecule has 2 amide bonds. The van der Waals surface area contributed by atoms with Crippen LogP contribution in [-0.2, 0) is 16.6 Å². The Morgan fingerprint density at radius 2 is 1.92 bits per heavy atom. The van der Waals surface area contributed by atoms with Crippen LogP contribution in [-0.4, -0.2) is 68.1 Å². The van der Waals surface area contributed by atoms with Gasteiger partial charge >= 0.3 is 5.97 Å². The van der Waals surface area contributed by atoms with Crippen molar-refractivity contribution >= 4 is 17.8 Å². The van der Waals surface area contributed by atoms with Crippen molar-refractivity contribution in [2.75, 3.05) is 19.6 Å². The predicted molar refractivity (Wildman–Crippen MR) is 91.3 cm³/mol. The Kier molecular flexibility index (Phi) is 4.00. The molecule has 2 saturated heterocycles. The van der Waals surface area contributed by atoms with Crippen molar-refractivity contribution < 1.29 is 19.5 Å². The number of rotatable bonds is 3. The Hall–Kier alpha value is -2.38. The standard InChI is InChI=1S/C18H24N4O4/c1-20-13(4-7-19-20)16(24)22-11-18(10-14(22)17(25)26)5-8-21(9-6-18)15(23)12-2-3-12/h4,7,12,14H,2-3,5-6,8-11H2,1H3,(H,25,26)/t14-/m1/s1. The van der Waals surface area contributed by atoms with Gasteiger partial charge in [0.25, 0.3) is 5.91 Å². The lowest BCUT2D eigenvalue weighted by atomic mass is 9.76. The number of aryl methyl sites for hydroxylation is 1. The number of aromatic nitrogens is 2. The van der Waals surface area contributed by atoms with Crippen LogP contribution in [0, 0.1) is 11.3 Å². The van der Waals surface area contributed by atoms with E-state index in [1.807, 2.05) is 4.90 Å². The molecule has 2 aliphatic heterocycles. The number of nitrogens with zero attached hydrogens (tertiary/aromatic N) is 4. The van der Waals surface area contributed by atoms with Crippen molar-refractivity contribution in [2.45, 2.75) is 38.1 Å². The van der Waals surface area contributed by atoms with Gasteiger partial charge in [-0.05, 0) is 43.6 Å². The third-order valence-electron chi connectivity index (χ3n) is 6.16. The number of hydrogen-bond donors (Lipinski definition) is 1. The third-order valence-corrected chi connectivity index (χ3v) is 6.16. The highest BCUT2D eigenvalue weighted by molar-refractivity contribution is 5.95. The molecule has 0 radical (unpaired) electrons. The second kappa shape index (κ2) is 6.10. The minimum atomic E-state index is -0.964. The van der Waals surface area contributed by atoms with E-state index in [-0.39, 0.29) is 23.1 Å². The molecular formula is C18H24N4O4. The zero-order chi connectivity index (χ0) is 18.5. The molecule has 1 aliphatic carbocycles. The van der Waals surface area contributed by atoms with E-state index in [1.165, 1.54) is 15.8 Å². The van der Waals surface area contributed by atoms with Crippen molar-refractivity contribution in [1.82, 2.24) is 19.6 Å². The monoisotopic (exact) mass is 360 g/mol. The smallest absolute Gasteiger partial charge is 0.326 e. The maximum Gasteiger partial charge on any atom is 0.326 e.